The molecule has 1 aliphatic carbocycles. The molecule has 5 aromatic carbocycles. The van der Waals surface area contributed by atoms with Gasteiger partial charge in [-0.3, -0.25) is 0 Å². The number of aromatic nitrogens is 1. The van der Waals surface area contributed by atoms with Gasteiger partial charge in [-0.2, -0.15) is 26.3 Å². The lowest BCUT2D eigenvalue weighted by Crippen LogP contribution is -2.47. The second-order valence-corrected chi connectivity index (χ2v) is 14.5. The number of nitrogens with zero attached hydrogens (tertiary/aromatic N) is 1. The first-order valence-electron chi connectivity index (χ1n) is 19.4. The summed E-state index contributed by atoms with van der Waals surface area (Å²) in [5.74, 6) is 5.00. The molecule has 3 unspecified atom stereocenters. The zero-order chi connectivity index (χ0) is 47.8. The van der Waals surface area contributed by atoms with Gasteiger partial charge in [-0.25, -0.2) is 4.98 Å². The standard InChI is InChI=1S/C23H21F3N2O.C16H16F3N.C7H9N.3CH3Br/c1-14-8-9-16(12-18(14)27)22(2,23(24,25)26)17-10-11-19-20(13-17)29-21(28-19)15-6-4-3-5-7-15;1-11-8-9-13(10-14(11)20)15(2,16(17,18)19)12-6-4-3-5-7-12;1-6-4-2-3-5-7(6)8;3*1-2/h3-9,11-13,17H,10,27H2,1-2H3;3-10H,20H2,1-2H3;2-5H,8H2,1H3;3*1H3. The summed E-state index contributed by atoms with van der Waals surface area (Å²) in [6.45, 7) is 7.95. The molecule has 1 aromatic heterocycles. The minimum absolute atomic E-state index is 0.147. The number of aryl methyl sites for hydroxylation is 3. The number of benzene rings is 5. The Labute approximate surface area is 392 Å². The molecule has 0 saturated heterocycles. The smallest absolute Gasteiger partial charge is 0.402 e. The first-order valence-corrected chi connectivity index (χ1v) is 24.1. The molecule has 14 heteroatoms. The van der Waals surface area contributed by atoms with Crippen molar-refractivity contribution >= 4 is 77.0 Å². The average molecular weight is 1070 g/mol. The van der Waals surface area contributed by atoms with E-state index in [2.05, 4.69) is 52.8 Å². The lowest BCUT2D eigenvalue weighted by molar-refractivity contribution is -0.194. The minimum atomic E-state index is -4.47. The van der Waals surface area contributed by atoms with Crippen molar-refractivity contribution in [3.63, 3.8) is 0 Å². The third-order valence-corrected chi connectivity index (χ3v) is 10.8. The molecule has 6 aromatic rings. The van der Waals surface area contributed by atoms with Gasteiger partial charge in [-0.1, -0.05) is 145 Å². The molecule has 0 saturated carbocycles. The minimum Gasteiger partial charge on any atom is -0.436 e. The maximum atomic E-state index is 14.3. The SMILES string of the molecule is CBr.CBr.CBr.Cc1ccc(C(C)(C2C=c3oc(-c4ccccc4)nc3=CC2)C(F)(F)F)cc1N.Cc1ccc(C(C)(c2ccccc2)C(F)(F)F)cc1N.Cc1ccccc1N. The Bertz CT molecular complexity index is 2420. The summed E-state index contributed by atoms with van der Waals surface area (Å²) in [6, 6.07) is 34.1. The van der Waals surface area contributed by atoms with Crippen LogP contribution in [0.2, 0.25) is 0 Å². The van der Waals surface area contributed by atoms with E-state index in [1.165, 1.54) is 50.2 Å². The number of fused-ring (bicyclic) bond motifs is 1. The van der Waals surface area contributed by atoms with Gasteiger partial charge in [0.15, 0.2) is 5.42 Å². The van der Waals surface area contributed by atoms with Gasteiger partial charge in [-0.15, -0.1) is 0 Å². The van der Waals surface area contributed by atoms with E-state index in [1.54, 1.807) is 56.3 Å². The van der Waals surface area contributed by atoms with Gasteiger partial charge in [0.1, 0.15) is 10.8 Å². The summed E-state index contributed by atoms with van der Waals surface area (Å²) in [7, 11) is 0. The molecule has 340 valence electrons. The fourth-order valence-electron chi connectivity index (χ4n) is 6.56. The largest absolute Gasteiger partial charge is 0.436 e. The van der Waals surface area contributed by atoms with Crippen LogP contribution in [-0.4, -0.2) is 34.8 Å². The van der Waals surface area contributed by atoms with Crippen molar-refractivity contribution in [3.8, 4) is 11.5 Å². The maximum Gasteiger partial charge on any atom is 0.402 e. The number of oxazole rings is 1. The van der Waals surface area contributed by atoms with E-state index in [-0.39, 0.29) is 23.1 Å². The van der Waals surface area contributed by atoms with E-state index in [0.29, 0.717) is 28.0 Å². The van der Waals surface area contributed by atoms with Gasteiger partial charge in [-0.05, 0) is 128 Å². The zero-order valence-electron chi connectivity index (χ0n) is 36.5. The van der Waals surface area contributed by atoms with E-state index in [4.69, 9.17) is 21.6 Å². The molecule has 3 atom stereocenters. The molecule has 0 fully saturated rings. The van der Waals surface area contributed by atoms with E-state index in [0.717, 1.165) is 27.9 Å². The van der Waals surface area contributed by atoms with Gasteiger partial charge in [0.25, 0.3) is 0 Å². The number of nitrogen functional groups attached to an aromatic ring is 3. The van der Waals surface area contributed by atoms with Crippen molar-refractivity contribution in [2.75, 3.05) is 34.7 Å². The average Bonchev–Trinajstić information content (AvgIpc) is 3.72. The summed E-state index contributed by atoms with van der Waals surface area (Å²) in [6.07, 6.45) is -5.40. The van der Waals surface area contributed by atoms with Crippen molar-refractivity contribution in [1.82, 2.24) is 4.98 Å². The van der Waals surface area contributed by atoms with Crippen molar-refractivity contribution in [1.29, 1.82) is 0 Å². The van der Waals surface area contributed by atoms with E-state index < -0.39 is 29.1 Å². The molecule has 63 heavy (non-hydrogen) atoms. The summed E-state index contributed by atoms with van der Waals surface area (Å²) in [5, 5.41) is 0.577. The van der Waals surface area contributed by atoms with Crippen LogP contribution < -0.4 is 28.0 Å². The van der Waals surface area contributed by atoms with E-state index >= 15 is 0 Å². The highest BCUT2D eigenvalue weighted by molar-refractivity contribution is 9.09. The predicted octanol–water partition coefficient (Wildman–Crippen LogP) is 13.4. The summed E-state index contributed by atoms with van der Waals surface area (Å²) >= 11 is 8.81. The molecule has 0 aliphatic heterocycles. The summed E-state index contributed by atoms with van der Waals surface area (Å²) in [4.78, 5) is 4.44. The van der Waals surface area contributed by atoms with E-state index in [1.807, 2.05) is 79.0 Å². The highest BCUT2D eigenvalue weighted by atomic mass is 79.9. The summed E-state index contributed by atoms with van der Waals surface area (Å²) < 4.78 is 89.8. The topological polar surface area (TPSA) is 104 Å². The molecule has 0 spiro atoms. The quantitative estimate of drug-likeness (QED) is 0.0906. The molecular formula is C49H55Br3F6N4O. The number of rotatable bonds is 5. The first kappa shape index (κ1) is 54.6. The Balaban J connectivity index is 0.000000346. The Morgan fingerprint density at radius 2 is 1.02 bits per heavy atom. The predicted molar refractivity (Wildman–Crippen MR) is 262 cm³/mol. The molecule has 0 radical (unpaired) electrons. The van der Waals surface area contributed by atoms with Gasteiger partial charge in [0.2, 0.25) is 5.89 Å². The first-order chi connectivity index (χ1) is 29.8. The van der Waals surface area contributed by atoms with Crippen LogP contribution in [0, 0.1) is 26.7 Å². The maximum absolute atomic E-state index is 14.3. The second kappa shape index (κ2) is 24.5. The van der Waals surface area contributed by atoms with Crippen molar-refractivity contribution in [2.24, 2.45) is 5.92 Å². The third-order valence-electron chi connectivity index (χ3n) is 10.8. The van der Waals surface area contributed by atoms with Crippen molar-refractivity contribution in [2.45, 2.75) is 64.2 Å². The zero-order valence-corrected chi connectivity index (χ0v) is 41.2. The van der Waals surface area contributed by atoms with Crippen molar-refractivity contribution in [3.05, 3.63) is 165 Å². The molecule has 1 aliphatic rings. The number of hydrogen-bond acceptors (Lipinski definition) is 5. The van der Waals surface area contributed by atoms with E-state index in [9.17, 15) is 26.3 Å². The van der Waals surface area contributed by atoms with Crippen LogP contribution in [0.3, 0.4) is 0 Å². The van der Waals surface area contributed by atoms with Gasteiger partial charge in [0, 0.05) is 28.5 Å². The number of para-hydroxylation sites is 1. The number of halogens is 9. The second-order valence-electron chi connectivity index (χ2n) is 14.5. The highest BCUT2D eigenvalue weighted by Crippen LogP contribution is 2.49. The Morgan fingerprint density at radius 3 is 1.48 bits per heavy atom. The van der Waals surface area contributed by atoms with Gasteiger partial charge < -0.3 is 21.6 Å². The molecule has 7 rings (SSSR count). The fraction of sp³-hybridized carbons (Fsp3) is 0.286. The molecular weight excluding hydrogens is 1010 g/mol. The lowest BCUT2D eigenvalue weighted by Gasteiger charge is -2.38. The number of alkyl halides is 9. The third kappa shape index (κ3) is 13.3. The Kier molecular flexibility index (Phi) is 21.2. The lowest BCUT2D eigenvalue weighted by atomic mass is 9.68. The monoisotopic (exact) mass is 1070 g/mol. The normalized spacial score (nSPS) is 14.6. The molecule has 0 bridgehead atoms. The van der Waals surface area contributed by atoms with Crippen LogP contribution in [0.1, 0.15) is 53.6 Å². The fourth-order valence-corrected chi connectivity index (χ4v) is 6.56. The van der Waals surface area contributed by atoms with Crippen LogP contribution >= 0.6 is 47.8 Å². The van der Waals surface area contributed by atoms with Crippen LogP contribution in [0.25, 0.3) is 23.6 Å². The molecule has 5 nitrogen and oxygen atoms in total. The van der Waals surface area contributed by atoms with Gasteiger partial charge in [0.05, 0.1) is 5.41 Å². The van der Waals surface area contributed by atoms with Crippen LogP contribution in [0.15, 0.2) is 126 Å². The number of hydrogen-bond donors (Lipinski definition) is 3. The number of anilines is 3. The molecule has 6 N–H and O–H groups in total. The summed E-state index contributed by atoms with van der Waals surface area (Å²) in [5.41, 5.74) is 18.9. The molecule has 0 amide bonds. The number of nitrogens with two attached hydrogens (primary N) is 3. The van der Waals surface area contributed by atoms with Crippen molar-refractivity contribution < 1.29 is 30.8 Å². The van der Waals surface area contributed by atoms with Gasteiger partial charge >= 0.3 is 12.4 Å². The van der Waals surface area contributed by atoms with Crippen LogP contribution in [-0.2, 0) is 10.8 Å². The Morgan fingerprint density at radius 1 is 0.556 bits per heavy atom. The Hall–Kier alpha value is -4.53. The van der Waals surface area contributed by atoms with Crippen LogP contribution in [0.5, 0.6) is 0 Å². The molecule has 1 heterocycles. The van der Waals surface area contributed by atoms with Crippen LogP contribution in [0.4, 0.5) is 43.4 Å². The highest BCUT2D eigenvalue weighted by Gasteiger charge is 2.56.